The second kappa shape index (κ2) is 9.91. The van der Waals surface area contributed by atoms with Crippen LogP contribution < -0.4 is 10.0 Å². The Bertz CT molecular complexity index is 965. The van der Waals surface area contributed by atoms with Gasteiger partial charge in [-0.2, -0.15) is 0 Å². The van der Waals surface area contributed by atoms with E-state index in [4.69, 9.17) is 11.6 Å². The van der Waals surface area contributed by atoms with Crippen molar-refractivity contribution in [1.82, 2.24) is 5.32 Å². The minimum Gasteiger partial charge on any atom is -0.387 e. The zero-order valence-electron chi connectivity index (χ0n) is 15.9. The van der Waals surface area contributed by atoms with E-state index in [0.29, 0.717) is 34.9 Å². The summed E-state index contributed by atoms with van der Waals surface area (Å²) in [5.41, 5.74) is 2.84. The zero-order chi connectivity index (χ0) is 20.3. The van der Waals surface area contributed by atoms with Crippen molar-refractivity contribution in [3.05, 3.63) is 64.2 Å². The molecule has 0 radical (unpaired) electrons. The van der Waals surface area contributed by atoms with Gasteiger partial charge in [-0.15, -0.1) is 12.4 Å². The Balaban J connectivity index is 0.00000300. The summed E-state index contributed by atoms with van der Waals surface area (Å²) in [7, 11) is -3.33. The Morgan fingerprint density at radius 2 is 1.90 bits per heavy atom. The summed E-state index contributed by atoms with van der Waals surface area (Å²) in [6, 6.07) is 12.0. The largest absolute Gasteiger partial charge is 0.387 e. The van der Waals surface area contributed by atoms with Crippen LogP contribution in [0.2, 0.25) is 5.02 Å². The molecule has 29 heavy (non-hydrogen) atoms. The van der Waals surface area contributed by atoms with Crippen molar-refractivity contribution in [1.29, 1.82) is 0 Å². The van der Waals surface area contributed by atoms with Crippen molar-refractivity contribution < 1.29 is 18.3 Å². The standard InChI is InChI=1S/C20H23ClN2O4S.ClH/c1-28(26,27)23-17-8-5-14(6-9-17)19(24)12-22-11-15-3-2-13-4-7-16(21)10-18(13)20(15)25;/h4-10,15,19,22-24H,2-3,11-12H2,1H3;1H. The number of Topliss-reactive ketones (excluding diaryl/α,β-unsaturated/α-hetero) is 1. The normalized spacial score (nSPS) is 17.2. The maximum absolute atomic E-state index is 12.6. The molecule has 0 heterocycles. The molecule has 9 heteroatoms. The van der Waals surface area contributed by atoms with Crippen molar-refractivity contribution in [2.24, 2.45) is 5.92 Å². The van der Waals surface area contributed by atoms with E-state index in [1.807, 2.05) is 6.07 Å². The topological polar surface area (TPSA) is 95.5 Å². The van der Waals surface area contributed by atoms with Gasteiger partial charge in [-0.25, -0.2) is 8.42 Å². The van der Waals surface area contributed by atoms with Crippen molar-refractivity contribution in [3.63, 3.8) is 0 Å². The van der Waals surface area contributed by atoms with Gasteiger partial charge in [0, 0.05) is 35.3 Å². The molecule has 2 unspecified atom stereocenters. The summed E-state index contributed by atoms with van der Waals surface area (Å²) in [6.45, 7) is 0.778. The highest BCUT2D eigenvalue weighted by atomic mass is 35.5. The summed E-state index contributed by atoms with van der Waals surface area (Å²) >= 11 is 6.01. The van der Waals surface area contributed by atoms with Gasteiger partial charge in [-0.3, -0.25) is 9.52 Å². The van der Waals surface area contributed by atoms with Gasteiger partial charge in [-0.05, 0) is 48.2 Å². The number of sulfonamides is 1. The lowest BCUT2D eigenvalue weighted by Gasteiger charge is -2.24. The van der Waals surface area contributed by atoms with E-state index in [2.05, 4.69) is 10.0 Å². The van der Waals surface area contributed by atoms with Gasteiger partial charge >= 0.3 is 0 Å². The molecule has 0 aromatic heterocycles. The van der Waals surface area contributed by atoms with Crippen molar-refractivity contribution in [3.8, 4) is 0 Å². The molecule has 158 valence electrons. The third-order valence-corrected chi connectivity index (χ3v) is 5.64. The predicted molar refractivity (Wildman–Crippen MR) is 118 cm³/mol. The third kappa shape index (κ3) is 6.42. The highest BCUT2D eigenvalue weighted by molar-refractivity contribution is 7.92. The van der Waals surface area contributed by atoms with E-state index in [0.717, 1.165) is 24.7 Å². The molecule has 6 nitrogen and oxygen atoms in total. The summed E-state index contributed by atoms with van der Waals surface area (Å²) in [5.74, 6) is -0.0542. The molecule has 0 saturated carbocycles. The fourth-order valence-corrected chi connectivity index (χ4v) is 4.11. The quantitative estimate of drug-likeness (QED) is 0.591. The average Bonchev–Trinajstić information content (AvgIpc) is 2.63. The van der Waals surface area contributed by atoms with Crippen molar-refractivity contribution in [2.75, 3.05) is 24.1 Å². The second-order valence-electron chi connectivity index (χ2n) is 7.07. The first kappa shape index (κ1) is 23.6. The van der Waals surface area contributed by atoms with Crippen LogP contribution in [0.1, 0.15) is 34.0 Å². The number of nitrogens with one attached hydrogen (secondary N) is 2. The van der Waals surface area contributed by atoms with Crippen LogP contribution in [0.15, 0.2) is 42.5 Å². The van der Waals surface area contributed by atoms with Gasteiger partial charge in [0.15, 0.2) is 5.78 Å². The van der Waals surface area contributed by atoms with E-state index in [9.17, 15) is 18.3 Å². The molecular weight excluding hydrogens is 435 g/mol. The van der Waals surface area contributed by atoms with E-state index < -0.39 is 16.1 Å². The molecule has 0 amide bonds. The molecule has 2 aromatic carbocycles. The van der Waals surface area contributed by atoms with Crippen LogP contribution in [-0.4, -0.2) is 38.7 Å². The van der Waals surface area contributed by atoms with E-state index in [1.165, 1.54) is 0 Å². The Kier molecular flexibility index (Phi) is 8.08. The van der Waals surface area contributed by atoms with Crippen LogP contribution >= 0.6 is 24.0 Å². The number of rotatable bonds is 7. The zero-order valence-corrected chi connectivity index (χ0v) is 18.3. The average molecular weight is 459 g/mol. The monoisotopic (exact) mass is 458 g/mol. The Morgan fingerprint density at radius 3 is 2.55 bits per heavy atom. The van der Waals surface area contributed by atoms with E-state index in [-0.39, 0.29) is 24.1 Å². The van der Waals surface area contributed by atoms with Gasteiger partial charge < -0.3 is 10.4 Å². The number of aliphatic hydroxyl groups is 1. The number of ketones is 1. The van der Waals surface area contributed by atoms with Gasteiger partial charge in [0.2, 0.25) is 10.0 Å². The highest BCUT2D eigenvalue weighted by Crippen LogP contribution is 2.27. The summed E-state index contributed by atoms with van der Waals surface area (Å²) in [6.07, 6.45) is 1.93. The number of carbonyl (C=O) groups is 1. The van der Waals surface area contributed by atoms with E-state index >= 15 is 0 Å². The number of halogens is 2. The molecular formula is C20H24Cl2N2O4S. The molecule has 0 spiro atoms. The minimum absolute atomic E-state index is 0. The molecule has 2 atom stereocenters. The van der Waals surface area contributed by atoms with Crippen LogP contribution in [0.25, 0.3) is 0 Å². The number of anilines is 1. The Morgan fingerprint density at radius 1 is 1.21 bits per heavy atom. The fraction of sp³-hybridized carbons (Fsp3) is 0.350. The van der Waals surface area contributed by atoms with Gasteiger partial charge in [0.05, 0.1) is 12.4 Å². The first-order valence-electron chi connectivity index (χ1n) is 9.02. The number of aliphatic hydroxyl groups excluding tert-OH is 1. The molecule has 0 bridgehead atoms. The molecule has 0 aliphatic heterocycles. The van der Waals surface area contributed by atoms with Gasteiger partial charge in [0.25, 0.3) is 0 Å². The van der Waals surface area contributed by atoms with Crippen LogP contribution in [0.3, 0.4) is 0 Å². The van der Waals surface area contributed by atoms with Crippen LogP contribution in [0.5, 0.6) is 0 Å². The Hall–Kier alpha value is -1.64. The third-order valence-electron chi connectivity index (χ3n) is 4.80. The lowest BCUT2D eigenvalue weighted by atomic mass is 9.82. The second-order valence-corrected chi connectivity index (χ2v) is 9.26. The molecule has 1 aliphatic carbocycles. The lowest BCUT2D eigenvalue weighted by Crippen LogP contribution is -2.34. The van der Waals surface area contributed by atoms with Gasteiger partial charge in [0.1, 0.15) is 0 Å². The van der Waals surface area contributed by atoms with Crippen LogP contribution in [-0.2, 0) is 16.4 Å². The number of fused-ring (bicyclic) bond motifs is 1. The van der Waals surface area contributed by atoms with E-state index in [1.54, 1.807) is 36.4 Å². The minimum atomic E-state index is -3.33. The highest BCUT2D eigenvalue weighted by Gasteiger charge is 2.27. The number of aryl methyl sites for hydroxylation is 1. The number of hydrogen-bond acceptors (Lipinski definition) is 5. The van der Waals surface area contributed by atoms with Crippen molar-refractivity contribution in [2.45, 2.75) is 18.9 Å². The fourth-order valence-electron chi connectivity index (χ4n) is 3.37. The summed E-state index contributed by atoms with van der Waals surface area (Å²) in [5, 5.41) is 14.1. The molecule has 3 rings (SSSR count). The summed E-state index contributed by atoms with van der Waals surface area (Å²) < 4.78 is 24.8. The molecule has 3 N–H and O–H groups in total. The predicted octanol–water partition coefficient (Wildman–Crippen LogP) is 3.20. The SMILES string of the molecule is CS(=O)(=O)Nc1ccc(C(O)CNCC2CCc3ccc(Cl)cc3C2=O)cc1.Cl. The van der Waals surface area contributed by atoms with Gasteiger partial charge in [-0.1, -0.05) is 29.8 Å². The maximum Gasteiger partial charge on any atom is 0.229 e. The lowest BCUT2D eigenvalue weighted by molar-refractivity contribution is 0.0895. The first-order chi connectivity index (χ1) is 13.2. The first-order valence-corrected chi connectivity index (χ1v) is 11.3. The van der Waals surface area contributed by atoms with Crippen LogP contribution in [0.4, 0.5) is 5.69 Å². The molecule has 2 aromatic rings. The number of benzene rings is 2. The summed E-state index contributed by atoms with van der Waals surface area (Å²) in [4.78, 5) is 12.6. The van der Waals surface area contributed by atoms with Crippen LogP contribution in [0, 0.1) is 5.92 Å². The molecule has 1 aliphatic rings. The molecule has 0 saturated heterocycles. The Labute approximate surface area is 182 Å². The smallest absolute Gasteiger partial charge is 0.229 e. The number of carbonyl (C=O) groups excluding carboxylic acids is 1. The maximum atomic E-state index is 12.6. The van der Waals surface area contributed by atoms with Crippen molar-refractivity contribution >= 4 is 45.5 Å². The number of hydrogen-bond donors (Lipinski definition) is 3. The molecule has 0 fully saturated rings.